The van der Waals surface area contributed by atoms with Crippen molar-refractivity contribution in [1.29, 1.82) is 0 Å². The molecule has 0 saturated carbocycles. The Bertz CT molecular complexity index is 1090. The van der Waals surface area contributed by atoms with E-state index >= 15 is 0 Å². The van der Waals surface area contributed by atoms with E-state index in [0.29, 0.717) is 43.8 Å². The molecule has 0 unspecified atom stereocenters. The van der Waals surface area contributed by atoms with Crippen LogP contribution in [0, 0.1) is 0 Å². The molecular weight excluding hydrogens is 386 g/mol. The molecule has 3 aromatic rings. The van der Waals surface area contributed by atoms with Gasteiger partial charge in [0.05, 0.1) is 0 Å². The van der Waals surface area contributed by atoms with Gasteiger partial charge in [-0.1, -0.05) is 18.2 Å². The fourth-order valence-corrected chi connectivity index (χ4v) is 3.37. The first-order valence-corrected chi connectivity index (χ1v) is 9.66. The number of nitrogens with zero attached hydrogens (tertiary/aromatic N) is 6. The molecule has 11 nitrogen and oxygen atoms in total. The van der Waals surface area contributed by atoms with Gasteiger partial charge >= 0.3 is 5.69 Å². The van der Waals surface area contributed by atoms with Crippen LogP contribution in [-0.4, -0.2) is 61.7 Å². The maximum absolute atomic E-state index is 12.2. The molecule has 0 atom stereocenters. The number of hydrogen-bond acceptors (Lipinski definition) is 8. The molecule has 1 aromatic carbocycles. The Morgan fingerprint density at radius 1 is 1.13 bits per heavy atom. The molecule has 1 fully saturated rings. The number of carbonyl (C=O) groups is 1. The van der Waals surface area contributed by atoms with Gasteiger partial charge in [0.15, 0.2) is 0 Å². The van der Waals surface area contributed by atoms with Crippen molar-refractivity contribution < 1.29 is 4.79 Å². The number of nitrogens with one attached hydrogen (secondary N) is 2. The summed E-state index contributed by atoms with van der Waals surface area (Å²) in [4.78, 5) is 38.6. The van der Waals surface area contributed by atoms with Crippen LogP contribution in [0.4, 0.5) is 23.4 Å². The van der Waals surface area contributed by atoms with Gasteiger partial charge in [-0.25, -0.2) is 4.79 Å². The van der Waals surface area contributed by atoms with Crippen LogP contribution in [0.1, 0.15) is 13.3 Å². The summed E-state index contributed by atoms with van der Waals surface area (Å²) >= 11 is 0. The van der Waals surface area contributed by atoms with Crippen LogP contribution in [0.15, 0.2) is 41.2 Å². The number of nitrogens with two attached hydrogens (primary N) is 1. The van der Waals surface area contributed by atoms with E-state index in [-0.39, 0.29) is 11.9 Å². The second-order valence-corrected chi connectivity index (χ2v) is 6.97. The van der Waals surface area contributed by atoms with Crippen molar-refractivity contribution in [3.63, 3.8) is 0 Å². The number of H-pyrrole nitrogens is 1. The third-order valence-electron chi connectivity index (χ3n) is 4.87. The lowest BCUT2D eigenvalue weighted by Gasteiger charge is -2.22. The number of rotatable bonds is 4. The van der Waals surface area contributed by atoms with E-state index in [4.69, 9.17) is 5.73 Å². The van der Waals surface area contributed by atoms with Crippen molar-refractivity contribution in [1.82, 2.24) is 29.6 Å². The molecule has 30 heavy (non-hydrogen) atoms. The molecule has 4 N–H and O–H groups in total. The first-order valence-electron chi connectivity index (χ1n) is 9.66. The van der Waals surface area contributed by atoms with Gasteiger partial charge in [-0.15, -0.1) is 5.10 Å². The van der Waals surface area contributed by atoms with Crippen molar-refractivity contribution in [2.45, 2.75) is 13.3 Å². The number of carbonyl (C=O) groups excluding carboxylic acids is 1. The molecular formula is C19H23N9O2. The zero-order chi connectivity index (χ0) is 21.1. The number of aromatic amines is 1. The molecule has 0 radical (unpaired) electrons. The van der Waals surface area contributed by atoms with Gasteiger partial charge in [-0.2, -0.15) is 14.6 Å². The third kappa shape index (κ3) is 4.24. The largest absolute Gasteiger partial charge is 0.368 e. The molecule has 11 heteroatoms. The highest BCUT2D eigenvalue weighted by molar-refractivity contribution is 5.73. The molecule has 1 saturated heterocycles. The SMILES string of the molecule is CC(=O)N1CCCN(c2cc(-n3nc(Nc4ccccc4)nc3N)[nH]c(=O)n2)CC1. The number of amides is 1. The van der Waals surface area contributed by atoms with E-state index in [0.717, 1.165) is 12.1 Å². The van der Waals surface area contributed by atoms with Gasteiger partial charge in [-0.05, 0) is 18.6 Å². The first kappa shape index (κ1) is 19.4. The summed E-state index contributed by atoms with van der Waals surface area (Å²) in [5.41, 5.74) is 6.34. The van der Waals surface area contributed by atoms with E-state index in [9.17, 15) is 9.59 Å². The smallest absolute Gasteiger partial charge is 0.348 e. The van der Waals surface area contributed by atoms with Crippen molar-refractivity contribution in [2.24, 2.45) is 0 Å². The summed E-state index contributed by atoms with van der Waals surface area (Å²) in [6, 6.07) is 11.2. The zero-order valence-corrected chi connectivity index (χ0v) is 16.6. The van der Waals surface area contributed by atoms with E-state index in [1.165, 1.54) is 4.68 Å². The first-order chi connectivity index (χ1) is 14.5. The Morgan fingerprint density at radius 3 is 2.70 bits per heavy atom. The standard InChI is InChI=1S/C19H23N9O2/c1-13(29)26-8-5-9-27(11-10-26)15-12-16(23-19(30)22-15)28-17(20)24-18(25-28)21-14-6-3-2-4-7-14/h2-4,6-7,12H,5,8-11H2,1H3,(H,22,23,30)(H3,20,21,24,25). The number of anilines is 4. The highest BCUT2D eigenvalue weighted by Crippen LogP contribution is 2.19. The molecule has 3 heterocycles. The Hall–Kier alpha value is -3.89. The Balaban J connectivity index is 1.59. The lowest BCUT2D eigenvalue weighted by Crippen LogP contribution is -2.34. The van der Waals surface area contributed by atoms with Gasteiger partial charge in [0.2, 0.25) is 17.8 Å². The van der Waals surface area contributed by atoms with Crippen LogP contribution < -0.4 is 21.6 Å². The second-order valence-electron chi connectivity index (χ2n) is 6.97. The summed E-state index contributed by atoms with van der Waals surface area (Å²) in [7, 11) is 0. The molecule has 0 bridgehead atoms. The summed E-state index contributed by atoms with van der Waals surface area (Å²) in [6.45, 7) is 4.10. The van der Waals surface area contributed by atoms with Crippen LogP contribution >= 0.6 is 0 Å². The molecule has 2 aromatic heterocycles. The predicted molar refractivity (Wildman–Crippen MR) is 113 cm³/mol. The minimum absolute atomic E-state index is 0.0465. The predicted octanol–water partition coefficient (Wildman–Crippen LogP) is 0.735. The Kier molecular flexibility index (Phi) is 5.33. The van der Waals surface area contributed by atoms with Gasteiger partial charge in [0, 0.05) is 44.9 Å². The van der Waals surface area contributed by atoms with Crippen LogP contribution in [0.5, 0.6) is 0 Å². The summed E-state index contributed by atoms with van der Waals surface area (Å²) < 4.78 is 1.36. The van der Waals surface area contributed by atoms with Crippen LogP contribution in [0.25, 0.3) is 5.82 Å². The van der Waals surface area contributed by atoms with E-state index in [1.54, 1.807) is 17.9 Å². The van der Waals surface area contributed by atoms with Gasteiger partial charge in [0.25, 0.3) is 0 Å². The minimum atomic E-state index is -0.511. The van der Waals surface area contributed by atoms with Crippen molar-refractivity contribution in [2.75, 3.05) is 42.1 Å². The summed E-state index contributed by atoms with van der Waals surface area (Å²) in [5.74, 6) is 1.35. The number of para-hydroxylation sites is 1. The normalized spacial score (nSPS) is 14.4. The lowest BCUT2D eigenvalue weighted by atomic mass is 10.3. The highest BCUT2D eigenvalue weighted by atomic mass is 16.2. The zero-order valence-electron chi connectivity index (χ0n) is 16.6. The van der Waals surface area contributed by atoms with E-state index in [1.807, 2.05) is 35.2 Å². The van der Waals surface area contributed by atoms with Crippen molar-refractivity contribution in [3.8, 4) is 5.82 Å². The summed E-state index contributed by atoms with van der Waals surface area (Å²) in [6.07, 6.45) is 0.792. The lowest BCUT2D eigenvalue weighted by molar-refractivity contribution is -0.128. The minimum Gasteiger partial charge on any atom is -0.368 e. The molecule has 156 valence electrons. The number of benzene rings is 1. The van der Waals surface area contributed by atoms with E-state index < -0.39 is 5.69 Å². The van der Waals surface area contributed by atoms with Gasteiger partial charge in [-0.3, -0.25) is 9.78 Å². The number of nitrogen functional groups attached to an aromatic ring is 1. The van der Waals surface area contributed by atoms with Gasteiger partial charge < -0.3 is 20.9 Å². The van der Waals surface area contributed by atoms with Crippen molar-refractivity contribution in [3.05, 3.63) is 46.9 Å². The summed E-state index contributed by atoms with van der Waals surface area (Å²) in [5, 5.41) is 7.43. The molecule has 1 aliphatic heterocycles. The average molecular weight is 409 g/mol. The highest BCUT2D eigenvalue weighted by Gasteiger charge is 2.19. The Morgan fingerprint density at radius 2 is 1.93 bits per heavy atom. The molecule has 1 aliphatic rings. The van der Waals surface area contributed by atoms with E-state index in [2.05, 4.69) is 25.4 Å². The number of hydrogen-bond donors (Lipinski definition) is 3. The maximum Gasteiger partial charge on any atom is 0.348 e. The van der Waals surface area contributed by atoms with Crippen LogP contribution in [0.3, 0.4) is 0 Å². The van der Waals surface area contributed by atoms with Crippen LogP contribution in [0.2, 0.25) is 0 Å². The maximum atomic E-state index is 12.2. The number of aromatic nitrogens is 5. The fourth-order valence-electron chi connectivity index (χ4n) is 3.37. The van der Waals surface area contributed by atoms with Crippen molar-refractivity contribution >= 4 is 29.3 Å². The topological polar surface area (TPSA) is 138 Å². The third-order valence-corrected chi connectivity index (χ3v) is 4.87. The monoisotopic (exact) mass is 409 g/mol. The molecule has 0 spiro atoms. The van der Waals surface area contributed by atoms with Crippen LogP contribution in [-0.2, 0) is 4.79 Å². The quantitative estimate of drug-likeness (QED) is 0.573. The average Bonchev–Trinajstić information content (AvgIpc) is 2.93. The second kappa shape index (κ2) is 8.23. The Labute approximate surface area is 172 Å². The molecule has 0 aliphatic carbocycles. The molecule has 4 rings (SSSR count). The van der Waals surface area contributed by atoms with Gasteiger partial charge in [0.1, 0.15) is 11.6 Å². The fraction of sp³-hybridized carbons (Fsp3) is 0.316. The molecule has 1 amide bonds.